The molecular weight excluding hydrogens is 100 g/mol. The molecule has 0 aromatic heterocycles. The third kappa shape index (κ3) is 0.396. The van der Waals surface area contributed by atoms with Gasteiger partial charge in [0.1, 0.15) is 5.78 Å². The highest BCUT2D eigenvalue weighted by Gasteiger charge is 2.54. The number of rotatable bonds is 0. The first-order valence-electron chi connectivity index (χ1n) is 3.37. The zero-order valence-corrected chi connectivity index (χ0v) is 4.94. The second-order valence-electron chi connectivity index (χ2n) is 3.09. The zero-order chi connectivity index (χ0) is 5.61. The van der Waals surface area contributed by atoms with Crippen molar-refractivity contribution < 1.29 is 4.79 Å². The van der Waals surface area contributed by atoms with Crippen LogP contribution in [0.25, 0.3) is 0 Å². The predicted molar refractivity (Wildman–Crippen MR) is 30.5 cm³/mol. The number of carbonyl (C=O) groups is 1. The van der Waals surface area contributed by atoms with E-state index in [1.807, 2.05) is 0 Å². The summed E-state index contributed by atoms with van der Waals surface area (Å²) in [5.41, 5.74) is 0.264. The molecule has 44 valence electrons. The molecule has 0 aromatic rings. The minimum Gasteiger partial charge on any atom is -0.299 e. The first-order chi connectivity index (χ1) is 3.83. The Hall–Kier alpha value is -0.330. The molecule has 2 aliphatic carbocycles. The van der Waals surface area contributed by atoms with Crippen molar-refractivity contribution in [2.75, 3.05) is 0 Å². The monoisotopic (exact) mass is 110 g/mol. The minimum absolute atomic E-state index is 0.264. The summed E-state index contributed by atoms with van der Waals surface area (Å²) in [6.07, 6.45) is 5.90. The van der Waals surface area contributed by atoms with E-state index >= 15 is 0 Å². The Morgan fingerprint density at radius 3 is 2.00 bits per heavy atom. The van der Waals surface area contributed by atoms with Gasteiger partial charge in [-0.05, 0) is 12.8 Å². The van der Waals surface area contributed by atoms with Crippen molar-refractivity contribution in [3.8, 4) is 0 Å². The van der Waals surface area contributed by atoms with Crippen molar-refractivity contribution in [2.24, 2.45) is 5.41 Å². The van der Waals surface area contributed by atoms with Crippen molar-refractivity contribution in [3.63, 3.8) is 0 Å². The fourth-order valence-corrected chi connectivity index (χ4v) is 1.77. The van der Waals surface area contributed by atoms with E-state index in [2.05, 4.69) is 0 Å². The summed E-state index contributed by atoms with van der Waals surface area (Å²) in [5.74, 6) is 0.537. The van der Waals surface area contributed by atoms with E-state index in [0.29, 0.717) is 5.78 Å². The largest absolute Gasteiger partial charge is 0.299 e. The Balaban J connectivity index is 2.16. The molecule has 0 saturated heterocycles. The number of ketones is 1. The summed E-state index contributed by atoms with van der Waals surface area (Å²) in [6.45, 7) is 0. The molecule has 0 N–H and O–H groups in total. The van der Waals surface area contributed by atoms with Crippen molar-refractivity contribution in [1.29, 1.82) is 0 Å². The van der Waals surface area contributed by atoms with Crippen LogP contribution in [0.3, 0.4) is 0 Å². The van der Waals surface area contributed by atoms with E-state index in [4.69, 9.17) is 0 Å². The van der Waals surface area contributed by atoms with E-state index in [9.17, 15) is 4.79 Å². The van der Waals surface area contributed by atoms with E-state index in [-0.39, 0.29) is 5.41 Å². The molecule has 0 radical (unpaired) electrons. The van der Waals surface area contributed by atoms with Gasteiger partial charge in [0.2, 0.25) is 0 Å². The fourth-order valence-electron chi connectivity index (χ4n) is 1.77. The van der Waals surface area contributed by atoms with Gasteiger partial charge in [-0.1, -0.05) is 12.8 Å². The molecular formula is C7H10O. The van der Waals surface area contributed by atoms with Crippen molar-refractivity contribution >= 4 is 5.78 Å². The summed E-state index contributed by atoms with van der Waals surface area (Å²) in [4.78, 5) is 10.7. The van der Waals surface area contributed by atoms with E-state index in [1.165, 1.54) is 25.7 Å². The van der Waals surface area contributed by atoms with Gasteiger partial charge >= 0.3 is 0 Å². The van der Waals surface area contributed by atoms with Gasteiger partial charge in [-0.3, -0.25) is 4.79 Å². The molecule has 0 amide bonds. The predicted octanol–water partition coefficient (Wildman–Crippen LogP) is 1.52. The topological polar surface area (TPSA) is 17.1 Å². The lowest BCUT2D eigenvalue weighted by Crippen LogP contribution is -1.93. The molecule has 0 atom stereocenters. The van der Waals surface area contributed by atoms with E-state index in [1.54, 1.807) is 0 Å². The Morgan fingerprint density at radius 1 is 1.25 bits per heavy atom. The van der Waals surface area contributed by atoms with E-state index < -0.39 is 0 Å². The smallest absolute Gasteiger partial charge is 0.140 e. The summed E-state index contributed by atoms with van der Waals surface area (Å²) < 4.78 is 0. The van der Waals surface area contributed by atoms with Gasteiger partial charge in [-0.2, -0.15) is 0 Å². The zero-order valence-electron chi connectivity index (χ0n) is 4.94. The van der Waals surface area contributed by atoms with Crippen LogP contribution in [0.5, 0.6) is 0 Å². The molecule has 8 heavy (non-hydrogen) atoms. The maximum Gasteiger partial charge on any atom is 0.140 e. The second-order valence-corrected chi connectivity index (χ2v) is 3.09. The summed E-state index contributed by atoms with van der Waals surface area (Å²) >= 11 is 0. The lowest BCUT2D eigenvalue weighted by molar-refractivity contribution is -0.112. The van der Waals surface area contributed by atoms with Crippen molar-refractivity contribution in [2.45, 2.75) is 32.1 Å². The van der Waals surface area contributed by atoms with Crippen LogP contribution in [0.1, 0.15) is 32.1 Å². The number of carbonyl (C=O) groups excluding carboxylic acids is 1. The van der Waals surface area contributed by atoms with Crippen molar-refractivity contribution in [1.82, 2.24) is 0 Å². The highest BCUT2D eigenvalue weighted by molar-refractivity contribution is 6.00. The minimum atomic E-state index is 0.264. The van der Waals surface area contributed by atoms with Crippen LogP contribution in [-0.4, -0.2) is 5.78 Å². The van der Waals surface area contributed by atoms with Crippen LogP contribution < -0.4 is 0 Å². The van der Waals surface area contributed by atoms with E-state index in [0.717, 1.165) is 6.42 Å². The molecule has 0 heterocycles. The van der Waals surface area contributed by atoms with Gasteiger partial charge < -0.3 is 0 Å². The lowest BCUT2D eigenvalue weighted by Gasteiger charge is -1.94. The number of Topliss-reactive ketones (excluding diaryl/α,β-unsaturated/α-hetero) is 1. The average molecular weight is 110 g/mol. The molecule has 2 rings (SSSR count). The van der Waals surface area contributed by atoms with Crippen LogP contribution in [0.2, 0.25) is 0 Å². The fraction of sp³-hybridized carbons (Fsp3) is 0.857. The Morgan fingerprint density at radius 2 is 1.75 bits per heavy atom. The molecule has 0 aliphatic heterocycles. The van der Waals surface area contributed by atoms with Gasteiger partial charge in [0.15, 0.2) is 0 Å². The Bertz CT molecular complexity index is 131. The molecule has 0 aromatic carbocycles. The SMILES string of the molecule is O=C1CC12CCCC2. The maximum atomic E-state index is 10.7. The third-order valence-electron chi connectivity index (χ3n) is 2.53. The second kappa shape index (κ2) is 1.15. The lowest BCUT2D eigenvalue weighted by atomic mass is 10.1. The van der Waals surface area contributed by atoms with Crippen molar-refractivity contribution in [3.05, 3.63) is 0 Å². The average Bonchev–Trinajstić information content (AvgIpc) is 2.29. The Labute approximate surface area is 49.1 Å². The molecule has 0 bridgehead atoms. The Kier molecular flexibility index (Phi) is 0.651. The number of hydrogen-bond donors (Lipinski definition) is 0. The summed E-state index contributed by atoms with van der Waals surface area (Å²) in [7, 11) is 0. The van der Waals surface area contributed by atoms with Gasteiger partial charge in [0.05, 0.1) is 0 Å². The highest BCUT2D eigenvalue weighted by Crippen LogP contribution is 2.54. The quantitative estimate of drug-likeness (QED) is 0.462. The van der Waals surface area contributed by atoms with Gasteiger partial charge in [0, 0.05) is 11.8 Å². The van der Waals surface area contributed by atoms with Crippen LogP contribution in [0.4, 0.5) is 0 Å². The summed E-state index contributed by atoms with van der Waals surface area (Å²) in [6, 6.07) is 0. The van der Waals surface area contributed by atoms with Crippen LogP contribution in [0, 0.1) is 5.41 Å². The highest BCUT2D eigenvalue weighted by atomic mass is 16.1. The molecule has 1 heteroatoms. The van der Waals surface area contributed by atoms with Gasteiger partial charge in [0.25, 0.3) is 0 Å². The maximum absolute atomic E-state index is 10.7. The first-order valence-corrected chi connectivity index (χ1v) is 3.37. The van der Waals surface area contributed by atoms with Crippen LogP contribution in [-0.2, 0) is 4.79 Å². The molecule has 2 aliphatic rings. The van der Waals surface area contributed by atoms with Crippen LogP contribution >= 0.6 is 0 Å². The summed E-state index contributed by atoms with van der Waals surface area (Å²) in [5, 5.41) is 0. The van der Waals surface area contributed by atoms with Gasteiger partial charge in [-0.25, -0.2) is 0 Å². The number of hydrogen-bond acceptors (Lipinski definition) is 1. The molecule has 2 fully saturated rings. The molecule has 0 unspecified atom stereocenters. The van der Waals surface area contributed by atoms with Crippen LogP contribution in [0.15, 0.2) is 0 Å². The third-order valence-corrected chi connectivity index (χ3v) is 2.53. The molecule has 1 nitrogen and oxygen atoms in total. The molecule has 1 spiro atoms. The standard InChI is InChI=1S/C7H10O/c8-6-5-7(6)3-1-2-4-7/h1-5H2. The van der Waals surface area contributed by atoms with Gasteiger partial charge in [-0.15, -0.1) is 0 Å². The normalized spacial score (nSPS) is 31.8. The first kappa shape index (κ1) is 4.54. The molecule has 2 saturated carbocycles.